The molecule has 1 amide bonds. The fourth-order valence-corrected chi connectivity index (χ4v) is 1.67. The number of ether oxygens (including phenoxy) is 1. The third-order valence-corrected chi connectivity index (χ3v) is 3.02. The number of aliphatic hydroxyl groups is 6. The molecule has 0 aliphatic carbocycles. The standard InChI is InChI=1S/C11H19NO8/c1-4(5(14)3-13)10(18)12-2-6-7(15)8(16)9(17)11(19)20-6/h5-9,11,13-17,19H,1-3H2,(H,12,18)/t5-,6+,7+,8-,9+,11?/m0/s1. The maximum Gasteiger partial charge on any atom is 0.249 e. The van der Waals surface area contributed by atoms with E-state index in [0.29, 0.717) is 0 Å². The van der Waals surface area contributed by atoms with E-state index in [0.717, 1.165) is 0 Å². The number of carbonyl (C=O) groups excluding carboxylic acids is 1. The minimum atomic E-state index is -1.69. The number of rotatable bonds is 5. The van der Waals surface area contributed by atoms with Crippen LogP contribution >= 0.6 is 0 Å². The molecule has 1 aliphatic heterocycles. The molecule has 0 spiro atoms. The quantitative estimate of drug-likeness (QED) is 0.251. The van der Waals surface area contributed by atoms with Gasteiger partial charge in [-0.1, -0.05) is 6.58 Å². The van der Waals surface area contributed by atoms with Crippen LogP contribution in [0.25, 0.3) is 0 Å². The number of carbonyl (C=O) groups is 1. The summed E-state index contributed by atoms with van der Waals surface area (Å²) in [6.45, 7) is 2.32. The second kappa shape index (κ2) is 7.09. The van der Waals surface area contributed by atoms with E-state index in [1.165, 1.54) is 0 Å². The summed E-state index contributed by atoms with van der Waals surface area (Å²) in [6.07, 6.45) is -9.03. The Kier molecular flexibility index (Phi) is 6.02. The topological polar surface area (TPSA) is 160 Å². The van der Waals surface area contributed by atoms with Crippen LogP contribution in [0, 0.1) is 0 Å². The third-order valence-electron chi connectivity index (χ3n) is 3.02. The molecule has 9 heteroatoms. The first-order valence-corrected chi connectivity index (χ1v) is 5.93. The Hall–Kier alpha value is -1.07. The summed E-state index contributed by atoms with van der Waals surface area (Å²) in [5.41, 5.74) is -0.279. The molecule has 1 fully saturated rings. The summed E-state index contributed by atoms with van der Waals surface area (Å²) in [5.74, 6) is -0.780. The molecule has 1 saturated heterocycles. The molecule has 0 bridgehead atoms. The highest BCUT2D eigenvalue weighted by atomic mass is 16.6. The highest BCUT2D eigenvalue weighted by Crippen LogP contribution is 2.19. The molecule has 0 aromatic carbocycles. The lowest BCUT2D eigenvalue weighted by Gasteiger charge is -2.38. The van der Waals surface area contributed by atoms with Crippen molar-refractivity contribution in [3.05, 3.63) is 12.2 Å². The van der Waals surface area contributed by atoms with E-state index >= 15 is 0 Å². The van der Waals surface area contributed by atoms with Crippen molar-refractivity contribution in [3.8, 4) is 0 Å². The highest BCUT2D eigenvalue weighted by molar-refractivity contribution is 5.93. The Morgan fingerprint density at radius 3 is 2.35 bits per heavy atom. The summed E-state index contributed by atoms with van der Waals surface area (Å²) < 4.78 is 4.84. The van der Waals surface area contributed by atoms with Gasteiger partial charge in [-0.2, -0.15) is 0 Å². The third kappa shape index (κ3) is 3.73. The van der Waals surface area contributed by atoms with Crippen molar-refractivity contribution < 1.29 is 40.2 Å². The first-order chi connectivity index (χ1) is 9.29. The molecule has 9 nitrogen and oxygen atoms in total. The van der Waals surface area contributed by atoms with E-state index in [1.54, 1.807) is 0 Å². The zero-order valence-corrected chi connectivity index (χ0v) is 10.6. The van der Waals surface area contributed by atoms with Gasteiger partial charge in [0.25, 0.3) is 0 Å². The normalized spacial score (nSPS) is 35.4. The minimum absolute atomic E-state index is 0.279. The number of hydrogen-bond donors (Lipinski definition) is 7. The number of amides is 1. The highest BCUT2D eigenvalue weighted by Gasteiger charge is 2.42. The first-order valence-electron chi connectivity index (χ1n) is 5.93. The Morgan fingerprint density at radius 1 is 1.20 bits per heavy atom. The fourth-order valence-electron chi connectivity index (χ4n) is 1.67. The van der Waals surface area contributed by atoms with Crippen molar-refractivity contribution in [2.24, 2.45) is 0 Å². The second-order valence-electron chi connectivity index (χ2n) is 4.47. The summed E-state index contributed by atoms with van der Waals surface area (Å²) in [7, 11) is 0. The van der Waals surface area contributed by atoms with E-state index in [9.17, 15) is 30.3 Å². The average Bonchev–Trinajstić information content (AvgIpc) is 2.45. The van der Waals surface area contributed by atoms with E-state index in [-0.39, 0.29) is 12.1 Å². The van der Waals surface area contributed by atoms with Gasteiger partial charge in [0.05, 0.1) is 6.61 Å². The molecule has 1 heterocycles. The van der Waals surface area contributed by atoms with Crippen LogP contribution in [0.3, 0.4) is 0 Å². The molecule has 20 heavy (non-hydrogen) atoms. The van der Waals surface area contributed by atoms with Gasteiger partial charge in [0, 0.05) is 12.1 Å². The van der Waals surface area contributed by atoms with Gasteiger partial charge in [-0.25, -0.2) is 0 Å². The molecule has 0 saturated carbocycles. The van der Waals surface area contributed by atoms with Crippen LogP contribution in [0.5, 0.6) is 0 Å². The van der Waals surface area contributed by atoms with Crippen LogP contribution in [0.1, 0.15) is 0 Å². The number of hydrogen-bond acceptors (Lipinski definition) is 8. The molecular weight excluding hydrogens is 274 g/mol. The summed E-state index contributed by atoms with van der Waals surface area (Å²) in [5, 5.41) is 57.7. The second-order valence-corrected chi connectivity index (χ2v) is 4.47. The van der Waals surface area contributed by atoms with Crippen LogP contribution in [-0.4, -0.2) is 86.5 Å². The lowest BCUT2D eigenvalue weighted by atomic mass is 9.99. The van der Waals surface area contributed by atoms with Gasteiger partial charge in [-0.3, -0.25) is 4.79 Å². The largest absolute Gasteiger partial charge is 0.393 e. The monoisotopic (exact) mass is 293 g/mol. The SMILES string of the molecule is C=C(C(=O)NC[C@H]1OC(O)[C@H](O)[C@@H](O)[C@@H]1O)[C@@H](O)CO. The molecule has 1 rings (SSSR count). The van der Waals surface area contributed by atoms with Crippen molar-refractivity contribution >= 4 is 5.91 Å². The number of nitrogens with one attached hydrogen (secondary N) is 1. The predicted octanol–water partition coefficient (Wildman–Crippen LogP) is -4.19. The van der Waals surface area contributed by atoms with Gasteiger partial charge in [0.2, 0.25) is 5.91 Å². The van der Waals surface area contributed by atoms with Crippen LogP contribution in [0.2, 0.25) is 0 Å². The molecule has 116 valence electrons. The molecule has 0 aromatic heterocycles. The smallest absolute Gasteiger partial charge is 0.249 e. The Balaban J connectivity index is 2.53. The summed E-state index contributed by atoms with van der Waals surface area (Å²) >= 11 is 0. The van der Waals surface area contributed by atoms with Crippen LogP contribution < -0.4 is 5.32 Å². The lowest BCUT2D eigenvalue weighted by Crippen LogP contribution is -2.60. The van der Waals surface area contributed by atoms with Crippen molar-refractivity contribution in [1.82, 2.24) is 5.32 Å². The van der Waals surface area contributed by atoms with Crippen LogP contribution in [0.4, 0.5) is 0 Å². The Morgan fingerprint density at radius 2 is 1.80 bits per heavy atom. The summed E-state index contributed by atoms with van der Waals surface area (Å²) in [4.78, 5) is 11.5. The van der Waals surface area contributed by atoms with E-state index < -0.39 is 49.3 Å². The van der Waals surface area contributed by atoms with Crippen LogP contribution in [0.15, 0.2) is 12.2 Å². The van der Waals surface area contributed by atoms with Gasteiger partial charge in [0.15, 0.2) is 6.29 Å². The van der Waals surface area contributed by atoms with E-state index in [4.69, 9.17) is 9.84 Å². The van der Waals surface area contributed by atoms with Crippen molar-refractivity contribution in [1.29, 1.82) is 0 Å². The maximum atomic E-state index is 11.5. The lowest BCUT2D eigenvalue weighted by molar-refractivity contribution is -0.280. The van der Waals surface area contributed by atoms with Crippen molar-refractivity contribution in [3.63, 3.8) is 0 Å². The van der Waals surface area contributed by atoms with Crippen LogP contribution in [-0.2, 0) is 9.53 Å². The van der Waals surface area contributed by atoms with E-state index in [2.05, 4.69) is 11.9 Å². The molecule has 1 aliphatic rings. The van der Waals surface area contributed by atoms with Gasteiger partial charge in [-0.05, 0) is 0 Å². The van der Waals surface area contributed by atoms with Crippen molar-refractivity contribution in [2.45, 2.75) is 36.8 Å². The summed E-state index contributed by atoms with van der Waals surface area (Å²) in [6, 6.07) is 0. The molecule has 7 N–H and O–H groups in total. The van der Waals surface area contributed by atoms with Gasteiger partial charge < -0.3 is 40.7 Å². The number of aliphatic hydroxyl groups excluding tert-OH is 6. The maximum absolute atomic E-state index is 11.5. The average molecular weight is 293 g/mol. The van der Waals surface area contributed by atoms with Crippen molar-refractivity contribution in [2.75, 3.05) is 13.2 Å². The zero-order chi connectivity index (χ0) is 15.4. The molecular formula is C11H19NO8. The van der Waals surface area contributed by atoms with Gasteiger partial charge >= 0.3 is 0 Å². The fraction of sp³-hybridized carbons (Fsp3) is 0.727. The Bertz CT molecular complexity index is 362. The van der Waals surface area contributed by atoms with E-state index in [1.807, 2.05) is 0 Å². The molecule has 0 aromatic rings. The minimum Gasteiger partial charge on any atom is -0.393 e. The van der Waals surface area contributed by atoms with Gasteiger partial charge in [0.1, 0.15) is 30.5 Å². The predicted molar refractivity (Wildman–Crippen MR) is 64.1 cm³/mol. The molecule has 6 atom stereocenters. The molecule has 1 unspecified atom stereocenters. The zero-order valence-electron chi connectivity index (χ0n) is 10.6. The van der Waals surface area contributed by atoms with Gasteiger partial charge in [-0.15, -0.1) is 0 Å². The first kappa shape index (κ1) is 17.0. The molecule has 0 radical (unpaired) electrons. The Labute approximate surface area is 114 Å².